The number of carboxylic acids is 1. The van der Waals surface area contributed by atoms with Crippen LogP contribution in [0.3, 0.4) is 0 Å². The van der Waals surface area contributed by atoms with Crippen LogP contribution in [-0.4, -0.2) is 62.3 Å². The highest BCUT2D eigenvalue weighted by Gasteiger charge is 2.54. The number of fused-ring (bicyclic) bond motifs is 1. The van der Waals surface area contributed by atoms with Crippen molar-refractivity contribution >= 4 is 51.7 Å². The SMILES string of the molecule is C/C=C\C1=C(C(=O)O)N2C(=O)C(NC(=O)/C(=N\OCC3CC3)c3csc(N)n3)C2SC1. The Morgan fingerprint density at radius 1 is 1.48 bits per heavy atom. The summed E-state index contributed by atoms with van der Waals surface area (Å²) in [6.07, 6.45) is 5.55. The van der Waals surface area contributed by atoms with E-state index in [-0.39, 0.29) is 22.2 Å². The Morgan fingerprint density at radius 2 is 2.26 bits per heavy atom. The topological polar surface area (TPSA) is 147 Å². The number of rotatable bonds is 8. The van der Waals surface area contributed by atoms with Gasteiger partial charge in [-0.25, -0.2) is 9.78 Å². The summed E-state index contributed by atoms with van der Waals surface area (Å²) in [7, 11) is 0. The number of nitrogens with two attached hydrogens (primary N) is 1. The number of aliphatic carboxylic acids is 1. The number of nitrogen functional groups attached to an aromatic ring is 1. The first kappa shape index (κ1) is 21.4. The Balaban J connectivity index is 1.51. The minimum absolute atomic E-state index is 0.0497. The maximum absolute atomic E-state index is 12.9. The van der Waals surface area contributed by atoms with Crippen LogP contribution in [0, 0.1) is 5.92 Å². The van der Waals surface area contributed by atoms with E-state index >= 15 is 0 Å². The lowest BCUT2D eigenvalue weighted by molar-refractivity contribution is -0.150. The Hall–Kier alpha value is -2.86. The molecule has 0 bridgehead atoms. The molecule has 0 spiro atoms. The molecule has 2 amide bonds. The first-order chi connectivity index (χ1) is 14.9. The van der Waals surface area contributed by atoms with E-state index in [0.29, 0.717) is 23.9 Å². The number of allylic oxidation sites excluding steroid dienone is 2. The molecule has 164 valence electrons. The standard InChI is InChI=1S/C19H21N5O5S2/c1-2-3-10-7-30-17-13(16(26)24(17)14(10)18(27)28)22-15(25)12(11-8-31-19(20)21-11)23-29-6-9-4-5-9/h2-3,8-9,13,17H,4-7H2,1H3,(H2,20,21)(H,22,25)(H,27,28)/b3-2-,23-12-. The summed E-state index contributed by atoms with van der Waals surface area (Å²) in [5, 5.41) is 17.6. The number of thiazole rings is 1. The maximum atomic E-state index is 12.9. The normalized spacial score (nSPS) is 23.6. The number of carbonyl (C=O) groups is 3. The number of amides is 2. The van der Waals surface area contributed by atoms with Gasteiger partial charge < -0.3 is 21.0 Å². The monoisotopic (exact) mass is 463 g/mol. The van der Waals surface area contributed by atoms with Gasteiger partial charge in [0.25, 0.3) is 11.8 Å². The van der Waals surface area contributed by atoms with Gasteiger partial charge in [-0.15, -0.1) is 23.1 Å². The second-order valence-corrected chi connectivity index (χ2v) is 9.28. The molecule has 1 aliphatic carbocycles. The van der Waals surface area contributed by atoms with Crippen LogP contribution in [0.5, 0.6) is 0 Å². The number of anilines is 1. The molecule has 1 aromatic heterocycles. The third-order valence-electron chi connectivity index (χ3n) is 5.00. The molecule has 1 saturated carbocycles. The van der Waals surface area contributed by atoms with Gasteiger partial charge in [0.15, 0.2) is 10.8 Å². The van der Waals surface area contributed by atoms with Crippen molar-refractivity contribution in [2.75, 3.05) is 18.1 Å². The number of carboxylic acid groups (broad SMARTS) is 1. The van der Waals surface area contributed by atoms with Crippen molar-refractivity contribution < 1.29 is 24.3 Å². The molecular weight excluding hydrogens is 442 g/mol. The molecule has 4 rings (SSSR count). The number of aromatic nitrogens is 1. The Morgan fingerprint density at radius 3 is 2.87 bits per heavy atom. The molecule has 4 N–H and O–H groups in total. The van der Waals surface area contributed by atoms with Gasteiger partial charge >= 0.3 is 5.97 Å². The summed E-state index contributed by atoms with van der Waals surface area (Å²) in [5.74, 6) is -1.42. The fourth-order valence-corrected chi connectivity index (χ4v) is 5.14. The average Bonchev–Trinajstić information content (AvgIpc) is 3.47. The van der Waals surface area contributed by atoms with Crippen molar-refractivity contribution in [1.82, 2.24) is 15.2 Å². The Bertz CT molecular complexity index is 1010. The van der Waals surface area contributed by atoms with E-state index in [1.54, 1.807) is 24.5 Å². The number of hydrogen-bond acceptors (Lipinski definition) is 9. The van der Waals surface area contributed by atoms with Gasteiger partial charge in [-0.3, -0.25) is 14.5 Å². The van der Waals surface area contributed by atoms with Crippen LogP contribution < -0.4 is 11.1 Å². The van der Waals surface area contributed by atoms with Crippen LogP contribution in [0.4, 0.5) is 5.13 Å². The number of oxime groups is 1. The molecule has 3 heterocycles. The zero-order chi connectivity index (χ0) is 22.1. The average molecular weight is 464 g/mol. The molecule has 1 saturated heterocycles. The molecule has 3 aliphatic rings. The van der Waals surface area contributed by atoms with Crippen molar-refractivity contribution in [2.24, 2.45) is 11.1 Å². The summed E-state index contributed by atoms with van der Waals surface area (Å²) in [4.78, 5) is 48.0. The van der Waals surface area contributed by atoms with E-state index < -0.39 is 29.2 Å². The lowest BCUT2D eigenvalue weighted by atomic mass is 10.0. The van der Waals surface area contributed by atoms with Gasteiger partial charge in [0.2, 0.25) is 0 Å². The highest BCUT2D eigenvalue weighted by Crippen LogP contribution is 2.40. The number of thioether (sulfide) groups is 1. The van der Waals surface area contributed by atoms with Crippen LogP contribution in [0.2, 0.25) is 0 Å². The first-order valence-electron chi connectivity index (χ1n) is 9.66. The van der Waals surface area contributed by atoms with Crippen molar-refractivity contribution in [3.05, 3.63) is 34.5 Å². The minimum Gasteiger partial charge on any atom is -0.477 e. The summed E-state index contributed by atoms with van der Waals surface area (Å²) < 4.78 is 0. The lowest BCUT2D eigenvalue weighted by Gasteiger charge is -2.49. The second kappa shape index (κ2) is 8.71. The zero-order valence-electron chi connectivity index (χ0n) is 16.6. The van der Waals surface area contributed by atoms with Gasteiger partial charge in [0.05, 0.1) is 0 Å². The van der Waals surface area contributed by atoms with Gasteiger partial charge in [-0.05, 0) is 31.3 Å². The first-order valence-corrected chi connectivity index (χ1v) is 11.6. The Labute approximate surface area is 186 Å². The van der Waals surface area contributed by atoms with E-state index in [2.05, 4.69) is 15.5 Å². The summed E-state index contributed by atoms with van der Waals surface area (Å²) in [6, 6.07) is -0.872. The summed E-state index contributed by atoms with van der Waals surface area (Å²) in [6.45, 7) is 2.19. The molecule has 1 aromatic rings. The smallest absolute Gasteiger partial charge is 0.352 e. The molecule has 10 nitrogen and oxygen atoms in total. The number of β-lactam (4-membered cyclic amide) rings is 1. The summed E-state index contributed by atoms with van der Waals surface area (Å²) in [5.41, 5.74) is 6.39. The lowest BCUT2D eigenvalue weighted by Crippen LogP contribution is -2.71. The minimum atomic E-state index is -1.18. The van der Waals surface area contributed by atoms with Gasteiger partial charge in [0, 0.05) is 11.1 Å². The van der Waals surface area contributed by atoms with Crippen LogP contribution >= 0.6 is 23.1 Å². The molecule has 31 heavy (non-hydrogen) atoms. The van der Waals surface area contributed by atoms with Crippen LogP contribution in [-0.2, 0) is 19.2 Å². The third kappa shape index (κ3) is 4.30. The molecule has 2 unspecified atom stereocenters. The van der Waals surface area contributed by atoms with Crippen molar-refractivity contribution in [3.8, 4) is 0 Å². The highest BCUT2D eigenvalue weighted by atomic mass is 32.2. The van der Waals surface area contributed by atoms with Crippen molar-refractivity contribution in [3.63, 3.8) is 0 Å². The van der Waals surface area contributed by atoms with Crippen molar-refractivity contribution in [2.45, 2.75) is 31.2 Å². The van der Waals surface area contributed by atoms with Gasteiger partial charge in [-0.2, -0.15) is 0 Å². The van der Waals surface area contributed by atoms with E-state index in [9.17, 15) is 19.5 Å². The van der Waals surface area contributed by atoms with E-state index in [4.69, 9.17) is 10.6 Å². The fraction of sp³-hybridized carbons (Fsp3) is 0.421. The fourth-order valence-electron chi connectivity index (χ4n) is 3.27. The predicted octanol–water partition coefficient (Wildman–Crippen LogP) is 1.17. The number of nitrogens with zero attached hydrogens (tertiary/aromatic N) is 3. The van der Waals surface area contributed by atoms with Crippen LogP contribution in [0.15, 0.2) is 34.0 Å². The molecule has 0 aromatic carbocycles. The maximum Gasteiger partial charge on any atom is 0.352 e. The molecular formula is C19H21N5O5S2. The van der Waals surface area contributed by atoms with Crippen molar-refractivity contribution in [1.29, 1.82) is 0 Å². The second-order valence-electron chi connectivity index (χ2n) is 7.29. The molecule has 0 radical (unpaired) electrons. The quantitative estimate of drug-likeness (QED) is 0.296. The largest absolute Gasteiger partial charge is 0.477 e. The molecule has 12 heteroatoms. The number of carbonyl (C=O) groups excluding carboxylic acids is 2. The predicted molar refractivity (Wildman–Crippen MR) is 116 cm³/mol. The zero-order valence-corrected chi connectivity index (χ0v) is 18.2. The molecule has 2 atom stereocenters. The van der Waals surface area contributed by atoms with Gasteiger partial charge in [-0.1, -0.05) is 17.3 Å². The Kier molecular flexibility index (Phi) is 6.01. The number of hydrogen-bond donors (Lipinski definition) is 3. The van der Waals surface area contributed by atoms with Crippen LogP contribution in [0.1, 0.15) is 25.5 Å². The molecule has 2 aliphatic heterocycles. The third-order valence-corrected chi connectivity index (χ3v) is 6.97. The summed E-state index contributed by atoms with van der Waals surface area (Å²) >= 11 is 2.55. The van der Waals surface area contributed by atoms with Crippen LogP contribution in [0.25, 0.3) is 0 Å². The highest BCUT2D eigenvalue weighted by molar-refractivity contribution is 8.00. The van der Waals surface area contributed by atoms with E-state index in [1.165, 1.54) is 16.7 Å². The van der Waals surface area contributed by atoms with E-state index in [1.807, 2.05) is 0 Å². The van der Waals surface area contributed by atoms with E-state index in [0.717, 1.165) is 24.2 Å². The van der Waals surface area contributed by atoms with Gasteiger partial charge in [0.1, 0.15) is 29.4 Å². The number of nitrogens with one attached hydrogen (secondary N) is 1. The molecule has 2 fully saturated rings.